The highest BCUT2D eigenvalue weighted by atomic mass is 32.2. The molecule has 2 N–H and O–H groups in total. The predicted molar refractivity (Wildman–Crippen MR) is 84.7 cm³/mol. The van der Waals surface area contributed by atoms with E-state index in [4.69, 9.17) is 9.88 Å². The fraction of sp³-hybridized carbons (Fsp3) is 0.200. The van der Waals surface area contributed by atoms with Gasteiger partial charge in [0.05, 0.1) is 16.4 Å². The lowest BCUT2D eigenvalue weighted by Gasteiger charge is -2.08. The van der Waals surface area contributed by atoms with Crippen LogP contribution >= 0.6 is 0 Å². The van der Waals surface area contributed by atoms with E-state index in [0.29, 0.717) is 6.42 Å². The fourth-order valence-electron chi connectivity index (χ4n) is 2.04. The maximum absolute atomic E-state index is 11.3. The van der Waals surface area contributed by atoms with Crippen molar-refractivity contribution < 1.29 is 18.1 Å². The van der Waals surface area contributed by atoms with Crippen LogP contribution in [0.4, 0.5) is 5.69 Å². The summed E-state index contributed by atoms with van der Waals surface area (Å²) >= 11 is 0. The second-order valence-corrected chi connectivity index (χ2v) is 6.43. The average Bonchev–Trinajstić information content (AvgIpc) is 2.51. The van der Waals surface area contributed by atoms with Gasteiger partial charge in [0.2, 0.25) is 10.0 Å². The Morgan fingerprint density at radius 1 is 1.13 bits per heavy atom. The highest BCUT2D eigenvalue weighted by Gasteiger charge is 2.20. The lowest BCUT2D eigenvalue weighted by molar-refractivity contribution is -0.386. The van der Waals surface area contributed by atoms with Crippen LogP contribution in [0.3, 0.4) is 0 Å². The first kappa shape index (κ1) is 16.9. The Kier molecular flexibility index (Phi) is 5.30. The summed E-state index contributed by atoms with van der Waals surface area (Å²) in [6.07, 6.45) is 1.46. The van der Waals surface area contributed by atoms with Crippen molar-refractivity contribution in [2.75, 3.05) is 6.61 Å². The van der Waals surface area contributed by atoms with Crippen molar-refractivity contribution in [1.82, 2.24) is 0 Å². The Labute approximate surface area is 133 Å². The number of ether oxygens (including phenoxy) is 1. The highest BCUT2D eigenvalue weighted by Crippen LogP contribution is 2.29. The Balaban J connectivity index is 2.03. The first-order chi connectivity index (χ1) is 10.9. The number of sulfonamides is 1. The summed E-state index contributed by atoms with van der Waals surface area (Å²) in [5.74, 6) is 0.0236. The van der Waals surface area contributed by atoms with E-state index in [1.54, 1.807) is 0 Å². The molecule has 0 atom stereocenters. The van der Waals surface area contributed by atoms with Crippen molar-refractivity contribution in [1.29, 1.82) is 0 Å². The molecule has 0 aliphatic carbocycles. The molecule has 0 aromatic heterocycles. The van der Waals surface area contributed by atoms with Crippen molar-refractivity contribution in [3.63, 3.8) is 0 Å². The summed E-state index contributed by atoms with van der Waals surface area (Å²) in [7, 11) is -4.00. The molecule has 0 unspecified atom stereocenters. The number of rotatable bonds is 7. The van der Waals surface area contributed by atoms with Gasteiger partial charge >= 0.3 is 5.69 Å². The molecule has 2 aromatic rings. The maximum atomic E-state index is 11.3. The van der Waals surface area contributed by atoms with Crippen LogP contribution in [-0.2, 0) is 16.4 Å². The number of hydrogen-bond acceptors (Lipinski definition) is 5. The van der Waals surface area contributed by atoms with Gasteiger partial charge < -0.3 is 4.74 Å². The largest absolute Gasteiger partial charge is 0.487 e. The summed E-state index contributed by atoms with van der Waals surface area (Å²) in [5, 5.41) is 16.0. The van der Waals surface area contributed by atoms with E-state index in [0.717, 1.165) is 18.1 Å². The molecule has 0 fully saturated rings. The molecule has 0 radical (unpaired) electrons. The quantitative estimate of drug-likeness (QED) is 0.473. The first-order valence-electron chi connectivity index (χ1n) is 6.86. The van der Waals surface area contributed by atoms with Gasteiger partial charge in [-0.1, -0.05) is 30.3 Å². The standard InChI is InChI=1S/C15H16N2O5S/c16-23(20,21)13-8-9-15(14(11-13)17(18)19)22-10-4-7-12-5-2-1-3-6-12/h1-3,5-6,8-9,11H,4,7,10H2,(H2,16,20,21). The van der Waals surface area contributed by atoms with Crippen molar-refractivity contribution in [2.24, 2.45) is 5.14 Å². The second kappa shape index (κ2) is 7.21. The molecule has 0 saturated heterocycles. The number of nitrogens with zero attached hydrogens (tertiary/aromatic N) is 1. The first-order valence-corrected chi connectivity index (χ1v) is 8.40. The van der Waals surface area contributed by atoms with Crippen LogP contribution in [0.2, 0.25) is 0 Å². The van der Waals surface area contributed by atoms with Crippen LogP contribution in [0.15, 0.2) is 53.4 Å². The lowest BCUT2D eigenvalue weighted by Crippen LogP contribution is -2.12. The summed E-state index contributed by atoms with van der Waals surface area (Å²) in [4.78, 5) is 10.0. The second-order valence-electron chi connectivity index (χ2n) is 4.87. The summed E-state index contributed by atoms with van der Waals surface area (Å²) < 4.78 is 27.9. The number of hydrogen-bond donors (Lipinski definition) is 1. The fourth-order valence-corrected chi connectivity index (χ4v) is 2.58. The molecule has 0 aliphatic rings. The van der Waals surface area contributed by atoms with E-state index in [1.165, 1.54) is 12.1 Å². The third kappa shape index (κ3) is 4.76. The Bertz CT molecular complexity index is 791. The van der Waals surface area contributed by atoms with Gasteiger partial charge in [0.25, 0.3) is 0 Å². The molecule has 2 rings (SSSR count). The van der Waals surface area contributed by atoms with Gasteiger partial charge in [0.15, 0.2) is 5.75 Å². The highest BCUT2D eigenvalue weighted by molar-refractivity contribution is 7.89. The van der Waals surface area contributed by atoms with Gasteiger partial charge in [-0.2, -0.15) is 0 Å². The summed E-state index contributed by atoms with van der Waals surface area (Å²) in [6.45, 7) is 0.282. The van der Waals surface area contributed by atoms with Gasteiger partial charge in [-0.3, -0.25) is 10.1 Å². The number of benzene rings is 2. The molecule has 23 heavy (non-hydrogen) atoms. The minimum atomic E-state index is -4.00. The number of aryl methyl sites for hydroxylation is 1. The topological polar surface area (TPSA) is 113 Å². The number of nitro groups is 1. The zero-order chi connectivity index (χ0) is 16.9. The molecule has 0 heterocycles. The zero-order valence-corrected chi connectivity index (χ0v) is 13.0. The maximum Gasteiger partial charge on any atom is 0.312 e. The van der Waals surface area contributed by atoms with Crippen LogP contribution in [0.5, 0.6) is 5.75 Å². The molecule has 8 heteroatoms. The number of nitrogens with two attached hydrogens (primary N) is 1. The van der Waals surface area contributed by atoms with E-state index in [-0.39, 0.29) is 17.3 Å². The van der Waals surface area contributed by atoms with Crippen molar-refractivity contribution in [3.8, 4) is 5.75 Å². The van der Waals surface area contributed by atoms with E-state index in [1.807, 2.05) is 30.3 Å². The Morgan fingerprint density at radius 3 is 2.43 bits per heavy atom. The molecule has 122 valence electrons. The minimum absolute atomic E-state index is 0.0236. The minimum Gasteiger partial charge on any atom is -0.487 e. The third-order valence-electron chi connectivity index (χ3n) is 3.17. The van der Waals surface area contributed by atoms with Crippen molar-refractivity contribution >= 4 is 15.7 Å². The van der Waals surface area contributed by atoms with Crippen LogP contribution in [0.1, 0.15) is 12.0 Å². The normalized spacial score (nSPS) is 11.2. The molecule has 7 nitrogen and oxygen atoms in total. The summed E-state index contributed by atoms with van der Waals surface area (Å²) in [6, 6.07) is 13.1. The van der Waals surface area contributed by atoms with Gasteiger partial charge in [-0.25, -0.2) is 13.6 Å². The van der Waals surface area contributed by atoms with Gasteiger partial charge in [0, 0.05) is 6.07 Å². The summed E-state index contributed by atoms with van der Waals surface area (Å²) in [5.41, 5.74) is 0.728. The van der Waals surface area contributed by atoms with Crippen molar-refractivity contribution in [3.05, 3.63) is 64.2 Å². The average molecular weight is 336 g/mol. The molecular weight excluding hydrogens is 320 g/mol. The van der Waals surface area contributed by atoms with E-state index in [2.05, 4.69) is 0 Å². The number of primary sulfonamides is 1. The number of nitro benzene ring substituents is 1. The lowest BCUT2D eigenvalue weighted by atomic mass is 10.1. The Hall–Kier alpha value is -2.45. The monoisotopic (exact) mass is 336 g/mol. The van der Waals surface area contributed by atoms with Crippen LogP contribution < -0.4 is 9.88 Å². The van der Waals surface area contributed by atoms with E-state index in [9.17, 15) is 18.5 Å². The zero-order valence-electron chi connectivity index (χ0n) is 12.2. The van der Waals surface area contributed by atoms with Gasteiger partial charge in [0.1, 0.15) is 0 Å². The molecule has 0 bridgehead atoms. The molecule has 0 aliphatic heterocycles. The molecular formula is C15H16N2O5S. The molecule has 2 aromatic carbocycles. The molecule has 0 amide bonds. The van der Waals surface area contributed by atoms with Crippen LogP contribution in [-0.4, -0.2) is 19.9 Å². The third-order valence-corrected chi connectivity index (χ3v) is 4.08. The predicted octanol–water partition coefficient (Wildman–Crippen LogP) is 2.25. The Morgan fingerprint density at radius 2 is 1.83 bits per heavy atom. The van der Waals surface area contributed by atoms with Gasteiger partial charge in [-0.15, -0.1) is 0 Å². The van der Waals surface area contributed by atoms with Crippen molar-refractivity contribution in [2.45, 2.75) is 17.7 Å². The van der Waals surface area contributed by atoms with Gasteiger partial charge in [-0.05, 0) is 30.5 Å². The van der Waals surface area contributed by atoms with E-state index >= 15 is 0 Å². The molecule has 0 spiro atoms. The van der Waals surface area contributed by atoms with Crippen LogP contribution in [0.25, 0.3) is 0 Å². The van der Waals surface area contributed by atoms with E-state index < -0.39 is 20.6 Å². The molecule has 0 saturated carbocycles. The SMILES string of the molecule is NS(=O)(=O)c1ccc(OCCCc2ccccc2)c([N+](=O)[O-])c1. The van der Waals surface area contributed by atoms with Crippen LogP contribution in [0, 0.1) is 10.1 Å². The smallest absolute Gasteiger partial charge is 0.312 e.